The number of nitrogens with zero attached hydrogens (tertiary/aromatic N) is 2. The minimum absolute atomic E-state index is 0.0835. The van der Waals surface area contributed by atoms with E-state index in [1.54, 1.807) is 0 Å². The molecule has 0 spiro atoms. The van der Waals surface area contributed by atoms with E-state index in [9.17, 15) is 13.2 Å². The molecule has 1 aliphatic heterocycles. The van der Waals surface area contributed by atoms with Crippen molar-refractivity contribution in [3.63, 3.8) is 0 Å². The van der Waals surface area contributed by atoms with E-state index in [2.05, 4.69) is 25.7 Å². The monoisotopic (exact) mass is 350 g/mol. The van der Waals surface area contributed by atoms with Gasteiger partial charge in [0, 0.05) is 26.2 Å². The van der Waals surface area contributed by atoms with Gasteiger partial charge in [0.2, 0.25) is 10.0 Å². The van der Waals surface area contributed by atoms with Gasteiger partial charge in [-0.25, -0.2) is 8.42 Å². The first-order chi connectivity index (χ1) is 10.6. The fourth-order valence-electron chi connectivity index (χ4n) is 3.07. The van der Waals surface area contributed by atoms with Crippen molar-refractivity contribution >= 4 is 16.0 Å². The number of carboxylic acid groups (broad SMARTS) is 1. The van der Waals surface area contributed by atoms with E-state index >= 15 is 0 Å². The normalized spacial score (nSPS) is 21.7. The molecule has 8 heteroatoms. The molecule has 1 saturated heterocycles. The van der Waals surface area contributed by atoms with Crippen LogP contribution in [0.5, 0.6) is 0 Å². The molecule has 0 aliphatic carbocycles. The Kier molecular flexibility index (Phi) is 7.93. The summed E-state index contributed by atoms with van der Waals surface area (Å²) in [6, 6.07) is 0. The summed E-state index contributed by atoms with van der Waals surface area (Å²) in [5.41, 5.74) is 0. The molecule has 1 N–H and O–H groups in total. The van der Waals surface area contributed by atoms with E-state index in [0.29, 0.717) is 25.0 Å². The highest BCUT2D eigenvalue weighted by atomic mass is 32.2. The van der Waals surface area contributed by atoms with Crippen molar-refractivity contribution in [1.82, 2.24) is 9.21 Å². The second kappa shape index (κ2) is 8.96. The number of aliphatic carboxylic acids is 1. The van der Waals surface area contributed by atoms with E-state index in [0.717, 1.165) is 30.1 Å². The van der Waals surface area contributed by atoms with Gasteiger partial charge in [-0.05, 0) is 18.3 Å². The zero-order chi connectivity index (χ0) is 17.6. The SMILES string of the molecule is CC(C)CC(C)CN1CCOC(CN(CC(=O)O)S(C)(=O)=O)C1. The Hall–Kier alpha value is -0.700. The van der Waals surface area contributed by atoms with Crippen LogP contribution in [0.4, 0.5) is 0 Å². The van der Waals surface area contributed by atoms with Crippen LogP contribution in [-0.2, 0) is 19.6 Å². The second-order valence-electron chi connectivity index (χ2n) is 6.94. The van der Waals surface area contributed by atoms with E-state index in [1.165, 1.54) is 0 Å². The summed E-state index contributed by atoms with van der Waals surface area (Å²) >= 11 is 0. The van der Waals surface area contributed by atoms with E-state index < -0.39 is 22.5 Å². The van der Waals surface area contributed by atoms with Gasteiger partial charge in [-0.2, -0.15) is 4.31 Å². The summed E-state index contributed by atoms with van der Waals surface area (Å²) in [6.07, 6.45) is 1.89. The van der Waals surface area contributed by atoms with Crippen LogP contribution < -0.4 is 0 Å². The third kappa shape index (κ3) is 8.10. The number of rotatable bonds is 9. The Labute approximate surface area is 139 Å². The molecule has 0 radical (unpaired) electrons. The van der Waals surface area contributed by atoms with Gasteiger partial charge < -0.3 is 9.84 Å². The lowest BCUT2D eigenvalue weighted by atomic mass is 9.98. The van der Waals surface area contributed by atoms with Gasteiger partial charge in [0.25, 0.3) is 0 Å². The first-order valence-corrected chi connectivity index (χ1v) is 9.93. The van der Waals surface area contributed by atoms with Crippen molar-refractivity contribution in [3.8, 4) is 0 Å². The number of morpholine rings is 1. The first kappa shape index (κ1) is 20.3. The Morgan fingerprint density at radius 1 is 1.39 bits per heavy atom. The quantitative estimate of drug-likeness (QED) is 0.659. The highest BCUT2D eigenvalue weighted by Gasteiger charge is 2.28. The van der Waals surface area contributed by atoms with Gasteiger partial charge in [-0.1, -0.05) is 20.8 Å². The predicted octanol–water partition coefficient (Wildman–Crippen LogP) is 0.716. The summed E-state index contributed by atoms with van der Waals surface area (Å²) in [5, 5.41) is 8.87. The average molecular weight is 350 g/mol. The van der Waals surface area contributed by atoms with Crippen LogP contribution in [0.3, 0.4) is 0 Å². The summed E-state index contributed by atoms with van der Waals surface area (Å²) in [6.45, 7) is 9.15. The topological polar surface area (TPSA) is 87.2 Å². The van der Waals surface area contributed by atoms with Crippen LogP contribution in [0, 0.1) is 11.8 Å². The van der Waals surface area contributed by atoms with Crippen LogP contribution in [0.1, 0.15) is 27.2 Å². The van der Waals surface area contributed by atoms with Crippen LogP contribution in [0.25, 0.3) is 0 Å². The van der Waals surface area contributed by atoms with Crippen molar-refractivity contribution < 1.29 is 23.1 Å². The van der Waals surface area contributed by atoms with Gasteiger partial charge in [0.05, 0.1) is 19.0 Å². The molecular formula is C15H30N2O5S. The molecule has 136 valence electrons. The van der Waals surface area contributed by atoms with E-state index in [-0.39, 0.29) is 12.6 Å². The summed E-state index contributed by atoms with van der Waals surface area (Å²) in [7, 11) is -3.56. The Balaban J connectivity index is 2.58. The summed E-state index contributed by atoms with van der Waals surface area (Å²) in [4.78, 5) is 13.1. The van der Waals surface area contributed by atoms with E-state index in [1.807, 2.05) is 0 Å². The molecule has 1 rings (SSSR count). The zero-order valence-corrected chi connectivity index (χ0v) is 15.4. The molecule has 0 aromatic rings. The third-order valence-electron chi connectivity index (χ3n) is 3.85. The molecule has 0 aromatic carbocycles. The van der Waals surface area contributed by atoms with Crippen molar-refractivity contribution in [1.29, 1.82) is 0 Å². The lowest BCUT2D eigenvalue weighted by Crippen LogP contribution is -2.50. The van der Waals surface area contributed by atoms with Crippen LogP contribution in [0.15, 0.2) is 0 Å². The lowest BCUT2D eigenvalue weighted by molar-refractivity contribution is -0.137. The molecule has 0 saturated carbocycles. The fourth-order valence-corrected chi connectivity index (χ4v) is 3.85. The third-order valence-corrected chi connectivity index (χ3v) is 5.07. The standard InChI is InChI=1S/C15H30N2O5S/c1-12(2)7-13(3)8-16-5-6-22-14(9-16)10-17(11-15(18)19)23(4,20)21/h12-14H,5-11H2,1-4H3,(H,18,19). The Morgan fingerprint density at radius 2 is 2.04 bits per heavy atom. The van der Waals surface area contributed by atoms with Crippen molar-refractivity contribution in [2.24, 2.45) is 11.8 Å². The van der Waals surface area contributed by atoms with Crippen LogP contribution in [-0.4, -0.2) is 80.4 Å². The maximum Gasteiger partial charge on any atom is 0.318 e. The molecule has 0 bridgehead atoms. The minimum Gasteiger partial charge on any atom is -0.480 e. The molecule has 1 fully saturated rings. The molecule has 1 heterocycles. The Bertz CT molecular complexity index is 480. The number of hydrogen-bond acceptors (Lipinski definition) is 5. The maximum atomic E-state index is 11.7. The number of ether oxygens (including phenoxy) is 1. The van der Waals surface area contributed by atoms with Gasteiger partial charge >= 0.3 is 5.97 Å². The summed E-state index contributed by atoms with van der Waals surface area (Å²) in [5.74, 6) is 0.0607. The highest BCUT2D eigenvalue weighted by Crippen LogP contribution is 2.15. The molecule has 2 atom stereocenters. The number of hydrogen-bond donors (Lipinski definition) is 1. The zero-order valence-electron chi connectivity index (χ0n) is 14.6. The first-order valence-electron chi connectivity index (χ1n) is 8.08. The molecule has 23 heavy (non-hydrogen) atoms. The molecule has 0 amide bonds. The number of carbonyl (C=O) groups is 1. The number of carboxylic acids is 1. The second-order valence-corrected chi connectivity index (χ2v) is 8.92. The van der Waals surface area contributed by atoms with E-state index in [4.69, 9.17) is 9.84 Å². The van der Waals surface area contributed by atoms with Gasteiger partial charge in [0.15, 0.2) is 0 Å². The molecule has 7 nitrogen and oxygen atoms in total. The predicted molar refractivity (Wildman–Crippen MR) is 88.9 cm³/mol. The largest absolute Gasteiger partial charge is 0.480 e. The van der Waals surface area contributed by atoms with Gasteiger partial charge in [-0.3, -0.25) is 9.69 Å². The molecular weight excluding hydrogens is 320 g/mol. The lowest BCUT2D eigenvalue weighted by Gasteiger charge is -2.36. The average Bonchev–Trinajstić information content (AvgIpc) is 2.35. The van der Waals surface area contributed by atoms with Gasteiger partial charge in [-0.15, -0.1) is 0 Å². The smallest absolute Gasteiger partial charge is 0.318 e. The molecule has 0 aromatic heterocycles. The molecule has 1 aliphatic rings. The maximum absolute atomic E-state index is 11.7. The van der Waals surface area contributed by atoms with Crippen LogP contribution in [0.2, 0.25) is 0 Å². The van der Waals surface area contributed by atoms with Crippen molar-refractivity contribution in [2.45, 2.75) is 33.3 Å². The number of sulfonamides is 1. The van der Waals surface area contributed by atoms with Gasteiger partial charge in [0.1, 0.15) is 6.54 Å². The highest BCUT2D eigenvalue weighted by molar-refractivity contribution is 7.88. The van der Waals surface area contributed by atoms with Crippen molar-refractivity contribution in [3.05, 3.63) is 0 Å². The fraction of sp³-hybridized carbons (Fsp3) is 0.933. The molecule has 2 unspecified atom stereocenters. The minimum atomic E-state index is -3.56. The van der Waals surface area contributed by atoms with Crippen LogP contribution >= 0.6 is 0 Å². The Morgan fingerprint density at radius 3 is 2.57 bits per heavy atom. The van der Waals surface area contributed by atoms with Crippen molar-refractivity contribution in [2.75, 3.05) is 45.6 Å². The summed E-state index contributed by atoms with van der Waals surface area (Å²) < 4.78 is 30.0.